The number of thiocarbonyl (C=S) groups is 1. The number of rotatable bonds is 5. The molecular weight excluding hydrogens is 312 g/mol. The van der Waals surface area contributed by atoms with E-state index in [9.17, 15) is 10.1 Å². The van der Waals surface area contributed by atoms with E-state index in [4.69, 9.17) is 12.2 Å². The van der Waals surface area contributed by atoms with E-state index in [0.717, 1.165) is 5.56 Å². The Morgan fingerprint density at radius 3 is 2.74 bits per heavy atom. The van der Waals surface area contributed by atoms with E-state index in [2.05, 4.69) is 10.4 Å². The molecule has 0 spiro atoms. The first-order valence-corrected chi connectivity index (χ1v) is 7.31. The third-order valence-corrected chi connectivity index (χ3v) is 3.45. The number of non-ortho nitro benzene ring substituents is 1. The van der Waals surface area contributed by atoms with Gasteiger partial charge in [0.05, 0.1) is 11.1 Å². The molecule has 0 heterocycles. The van der Waals surface area contributed by atoms with Gasteiger partial charge in [-0.3, -0.25) is 10.1 Å². The Kier molecular flexibility index (Phi) is 5.76. The number of nitrogens with zero attached hydrogens (tertiary/aromatic N) is 3. The molecule has 0 saturated carbocycles. The molecule has 0 unspecified atom stereocenters. The van der Waals surface area contributed by atoms with Crippen molar-refractivity contribution in [1.82, 2.24) is 10.3 Å². The van der Waals surface area contributed by atoms with Crippen molar-refractivity contribution in [2.45, 2.75) is 6.54 Å². The highest BCUT2D eigenvalue weighted by Gasteiger charge is 2.05. The van der Waals surface area contributed by atoms with Gasteiger partial charge in [0.1, 0.15) is 0 Å². The summed E-state index contributed by atoms with van der Waals surface area (Å²) in [4.78, 5) is 10.3. The number of nitrogens with one attached hydrogen (secondary N) is 1. The highest BCUT2D eigenvalue weighted by molar-refractivity contribution is 7.80. The summed E-state index contributed by atoms with van der Waals surface area (Å²) < 4.78 is 0. The molecule has 1 N–H and O–H groups in total. The van der Waals surface area contributed by atoms with E-state index in [1.54, 1.807) is 19.2 Å². The molecule has 0 aliphatic carbocycles. The van der Waals surface area contributed by atoms with Crippen LogP contribution in [0.1, 0.15) is 11.1 Å². The number of hydrogen-bond donors (Lipinski definition) is 1. The summed E-state index contributed by atoms with van der Waals surface area (Å²) in [5.41, 5.74) is 1.78. The fourth-order valence-electron chi connectivity index (χ4n) is 1.81. The summed E-state index contributed by atoms with van der Waals surface area (Å²) >= 11 is 5.25. The van der Waals surface area contributed by atoms with Gasteiger partial charge in [0.2, 0.25) is 0 Å². The molecule has 2 rings (SSSR count). The maximum Gasteiger partial charge on any atom is 0.270 e. The molecule has 2 aromatic carbocycles. The monoisotopic (exact) mass is 328 g/mol. The molecule has 118 valence electrons. The molecule has 2 aromatic rings. The lowest BCUT2D eigenvalue weighted by atomic mass is 10.2. The average molecular weight is 328 g/mol. The molecule has 0 amide bonds. The van der Waals surface area contributed by atoms with Crippen LogP contribution in [-0.2, 0) is 6.54 Å². The topological polar surface area (TPSA) is 70.8 Å². The van der Waals surface area contributed by atoms with Crippen LogP contribution >= 0.6 is 12.2 Å². The summed E-state index contributed by atoms with van der Waals surface area (Å²) in [6.07, 6.45) is 1.53. The zero-order chi connectivity index (χ0) is 16.7. The maximum atomic E-state index is 10.7. The molecule has 6 nitrogen and oxygen atoms in total. The lowest BCUT2D eigenvalue weighted by molar-refractivity contribution is -0.384. The Labute approximate surface area is 139 Å². The van der Waals surface area contributed by atoms with E-state index in [-0.39, 0.29) is 5.69 Å². The summed E-state index contributed by atoms with van der Waals surface area (Å²) in [6.45, 7) is 0.607. The van der Waals surface area contributed by atoms with Crippen LogP contribution in [0.2, 0.25) is 0 Å². The van der Waals surface area contributed by atoms with Crippen molar-refractivity contribution in [2.24, 2.45) is 5.10 Å². The van der Waals surface area contributed by atoms with Crippen LogP contribution in [0.4, 0.5) is 5.69 Å². The summed E-state index contributed by atoms with van der Waals surface area (Å²) in [5.74, 6) is 0. The van der Waals surface area contributed by atoms with E-state index in [0.29, 0.717) is 17.2 Å². The highest BCUT2D eigenvalue weighted by Crippen LogP contribution is 2.11. The quantitative estimate of drug-likeness (QED) is 0.395. The summed E-state index contributed by atoms with van der Waals surface area (Å²) in [7, 11) is 1.72. The first kappa shape index (κ1) is 16.6. The van der Waals surface area contributed by atoms with Gasteiger partial charge in [-0.05, 0) is 17.8 Å². The first-order valence-electron chi connectivity index (χ1n) is 6.90. The molecule has 0 saturated heterocycles. The van der Waals surface area contributed by atoms with Crippen LogP contribution in [0.5, 0.6) is 0 Å². The van der Waals surface area contributed by atoms with E-state index in [1.165, 1.54) is 23.4 Å². The fourth-order valence-corrected chi connectivity index (χ4v) is 1.93. The number of hydrazone groups is 1. The molecule has 7 heteroatoms. The van der Waals surface area contributed by atoms with Crippen LogP contribution in [0.25, 0.3) is 0 Å². The molecule has 0 bridgehead atoms. The summed E-state index contributed by atoms with van der Waals surface area (Å²) in [5, 5.41) is 20.0. The molecule has 0 radical (unpaired) electrons. The van der Waals surface area contributed by atoms with Crippen LogP contribution in [0, 0.1) is 10.1 Å². The van der Waals surface area contributed by atoms with Crippen molar-refractivity contribution in [3.63, 3.8) is 0 Å². The normalized spacial score (nSPS) is 10.5. The van der Waals surface area contributed by atoms with Crippen LogP contribution in [0.15, 0.2) is 59.7 Å². The second-order valence-corrected chi connectivity index (χ2v) is 5.15. The van der Waals surface area contributed by atoms with Crippen molar-refractivity contribution >= 4 is 29.2 Å². The van der Waals surface area contributed by atoms with Gasteiger partial charge in [-0.2, -0.15) is 5.10 Å². The number of hydrogen-bond acceptors (Lipinski definition) is 4. The predicted octanol–water partition coefficient (Wildman–Crippen LogP) is 2.94. The Morgan fingerprint density at radius 2 is 2.04 bits per heavy atom. The minimum atomic E-state index is -0.437. The van der Waals surface area contributed by atoms with Gasteiger partial charge in [0, 0.05) is 31.3 Å². The van der Waals surface area contributed by atoms with Crippen LogP contribution in [-0.4, -0.2) is 28.3 Å². The second kappa shape index (κ2) is 8.00. The minimum Gasteiger partial charge on any atom is -0.357 e. The van der Waals surface area contributed by atoms with Gasteiger partial charge in [0.15, 0.2) is 5.11 Å². The molecule has 0 aliphatic heterocycles. The SMILES string of the molecule is CN(/N=C\c1cccc([N+](=O)[O-])c1)C(=S)NCc1ccccc1. The molecule has 23 heavy (non-hydrogen) atoms. The standard InChI is InChI=1S/C16H16N4O2S/c1-19(16(23)17-11-13-6-3-2-4-7-13)18-12-14-8-5-9-15(10-14)20(21)22/h2-10,12H,11H2,1H3,(H,17,23)/b18-12-. The maximum absolute atomic E-state index is 10.7. The van der Waals surface area contributed by atoms with E-state index < -0.39 is 4.92 Å². The molecule has 0 aliphatic rings. The minimum absolute atomic E-state index is 0.0291. The Balaban J connectivity index is 1.92. The van der Waals surface area contributed by atoms with Gasteiger partial charge in [-0.1, -0.05) is 42.5 Å². The number of nitro groups is 1. The first-order chi connectivity index (χ1) is 11.1. The number of benzene rings is 2. The third-order valence-electron chi connectivity index (χ3n) is 3.04. The Hall–Kier alpha value is -2.80. The highest BCUT2D eigenvalue weighted by atomic mass is 32.1. The fraction of sp³-hybridized carbons (Fsp3) is 0.125. The smallest absolute Gasteiger partial charge is 0.270 e. The second-order valence-electron chi connectivity index (χ2n) is 4.76. The van der Waals surface area contributed by atoms with Gasteiger partial charge in [0.25, 0.3) is 5.69 Å². The van der Waals surface area contributed by atoms with Crippen LogP contribution in [0.3, 0.4) is 0 Å². The molecule has 0 atom stereocenters. The molecular formula is C16H16N4O2S. The van der Waals surface area contributed by atoms with E-state index >= 15 is 0 Å². The zero-order valence-corrected chi connectivity index (χ0v) is 13.4. The lowest BCUT2D eigenvalue weighted by Gasteiger charge is -2.15. The number of nitro benzene ring substituents is 1. The third kappa shape index (κ3) is 5.15. The largest absolute Gasteiger partial charge is 0.357 e. The predicted molar refractivity (Wildman–Crippen MR) is 94.3 cm³/mol. The van der Waals surface area contributed by atoms with Crippen molar-refractivity contribution in [3.8, 4) is 0 Å². The Bertz CT molecular complexity index is 719. The van der Waals surface area contributed by atoms with Crippen molar-refractivity contribution < 1.29 is 4.92 Å². The van der Waals surface area contributed by atoms with Crippen LogP contribution < -0.4 is 5.32 Å². The summed E-state index contributed by atoms with van der Waals surface area (Å²) in [6, 6.07) is 16.1. The molecule has 0 fully saturated rings. The van der Waals surface area contributed by atoms with Gasteiger partial charge in [-0.15, -0.1) is 0 Å². The average Bonchev–Trinajstić information content (AvgIpc) is 2.58. The van der Waals surface area contributed by atoms with Gasteiger partial charge >= 0.3 is 0 Å². The van der Waals surface area contributed by atoms with Crippen molar-refractivity contribution in [2.75, 3.05) is 7.05 Å². The van der Waals surface area contributed by atoms with E-state index in [1.807, 2.05) is 30.3 Å². The molecule has 0 aromatic heterocycles. The van der Waals surface area contributed by atoms with Gasteiger partial charge in [-0.25, -0.2) is 5.01 Å². The Morgan fingerprint density at radius 1 is 1.30 bits per heavy atom. The van der Waals surface area contributed by atoms with Crippen molar-refractivity contribution in [3.05, 3.63) is 75.8 Å². The van der Waals surface area contributed by atoms with Gasteiger partial charge < -0.3 is 5.32 Å². The lowest BCUT2D eigenvalue weighted by Crippen LogP contribution is -2.33. The zero-order valence-electron chi connectivity index (χ0n) is 12.5. The van der Waals surface area contributed by atoms with Crippen molar-refractivity contribution in [1.29, 1.82) is 0 Å².